The zero-order valence-corrected chi connectivity index (χ0v) is 11.0. The summed E-state index contributed by atoms with van der Waals surface area (Å²) in [7, 11) is 1.68. The van der Waals surface area contributed by atoms with Gasteiger partial charge in [0, 0.05) is 25.6 Å². The number of fused-ring (bicyclic) bond motifs is 1. The zero-order valence-electron chi connectivity index (χ0n) is 11.0. The van der Waals surface area contributed by atoms with Crippen molar-refractivity contribution in [3.05, 3.63) is 35.6 Å². The molecule has 1 atom stereocenters. The van der Waals surface area contributed by atoms with Crippen LogP contribution in [0.2, 0.25) is 0 Å². The van der Waals surface area contributed by atoms with Gasteiger partial charge >= 0.3 is 5.97 Å². The zero-order chi connectivity index (χ0) is 13.8. The van der Waals surface area contributed by atoms with Crippen LogP contribution in [0.25, 0.3) is 11.0 Å². The third kappa shape index (κ3) is 3.33. The summed E-state index contributed by atoms with van der Waals surface area (Å²) in [5.74, 6) is -1.09. The third-order valence-electron chi connectivity index (χ3n) is 2.95. The van der Waals surface area contributed by atoms with Crippen molar-refractivity contribution in [2.45, 2.75) is 19.6 Å². The maximum atomic E-state index is 10.8. The number of hydrogen-bond donors (Lipinski definition) is 2. The van der Waals surface area contributed by atoms with Crippen LogP contribution in [0.1, 0.15) is 23.0 Å². The number of ether oxygens (including phenoxy) is 1. The van der Waals surface area contributed by atoms with Gasteiger partial charge in [-0.1, -0.05) is 6.07 Å². The fourth-order valence-electron chi connectivity index (χ4n) is 1.81. The molecule has 1 heterocycles. The molecule has 5 heteroatoms. The molecule has 0 fully saturated rings. The molecule has 19 heavy (non-hydrogen) atoms. The average molecular weight is 263 g/mol. The second kappa shape index (κ2) is 5.86. The highest BCUT2D eigenvalue weighted by Gasteiger charge is 2.10. The molecule has 0 aliphatic rings. The first-order valence-electron chi connectivity index (χ1n) is 6.09. The Labute approximate surface area is 111 Å². The van der Waals surface area contributed by atoms with E-state index in [9.17, 15) is 4.79 Å². The number of hydrogen-bond acceptors (Lipinski definition) is 4. The van der Waals surface area contributed by atoms with Gasteiger partial charge in [-0.05, 0) is 30.7 Å². The average Bonchev–Trinajstić information content (AvgIpc) is 2.81. The van der Waals surface area contributed by atoms with E-state index in [1.54, 1.807) is 19.2 Å². The number of carbonyl (C=O) groups is 1. The first-order valence-corrected chi connectivity index (χ1v) is 6.09. The Bertz CT molecular complexity index is 576. The minimum absolute atomic E-state index is 0.0342. The Morgan fingerprint density at radius 3 is 2.95 bits per heavy atom. The van der Waals surface area contributed by atoms with Gasteiger partial charge in [0.05, 0.1) is 6.10 Å². The summed E-state index contributed by atoms with van der Waals surface area (Å²) in [6.45, 7) is 3.46. The molecule has 1 unspecified atom stereocenters. The molecular weight excluding hydrogens is 246 g/mol. The van der Waals surface area contributed by atoms with Crippen molar-refractivity contribution in [2.24, 2.45) is 0 Å². The Morgan fingerprint density at radius 2 is 2.26 bits per heavy atom. The summed E-state index contributed by atoms with van der Waals surface area (Å²) in [6, 6.07) is 7.18. The SMILES string of the molecule is COC(C)CNCc1ccc2oc(C(=O)O)cc2c1. The largest absolute Gasteiger partial charge is 0.475 e. The van der Waals surface area contributed by atoms with Crippen molar-refractivity contribution in [1.29, 1.82) is 0 Å². The molecule has 0 saturated carbocycles. The van der Waals surface area contributed by atoms with Crippen LogP contribution in [0.4, 0.5) is 0 Å². The van der Waals surface area contributed by atoms with Gasteiger partial charge in [-0.25, -0.2) is 4.79 Å². The van der Waals surface area contributed by atoms with E-state index in [2.05, 4.69) is 5.32 Å². The Morgan fingerprint density at radius 1 is 1.47 bits per heavy atom. The second-order valence-electron chi connectivity index (χ2n) is 4.47. The quantitative estimate of drug-likeness (QED) is 0.836. The van der Waals surface area contributed by atoms with E-state index in [-0.39, 0.29) is 11.9 Å². The lowest BCUT2D eigenvalue weighted by atomic mass is 10.1. The summed E-state index contributed by atoms with van der Waals surface area (Å²) in [5, 5.41) is 12.9. The van der Waals surface area contributed by atoms with Crippen LogP contribution in [0.5, 0.6) is 0 Å². The predicted molar refractivity (Wildman–Crippen MR) is 71.4 cm³/mol. The van der Waals surface area contributed by atoms with Gasteiger partial charge in [-0.2, -0.15) is 0 Å². The lowest BCUT2D eigenvalue weighted by molar-refractivity contribution is 0.0665. The molecule has 0 aliphatic carbocycles. The number of furan rings is 1. The first kappa shape index (κ1) is 13.6. The normalized spacial score (nSPS) is 12.7. The molecule has 2 rings (SSSR count). The number of aromatic carboxylic acids is 1. The van der Waals surface area contributed by atoms with Crippen molar-refractivity contribution in [1.82, 2.24) is 5.32 Å². The minimum atomic E-state index is -1.05. The van der Waals surface area contributed by atoms with E-state index in [0.29, 0.717) is 12.1 Å². The lowest BCUT2D eigenvalue weighted by Gasteiger charge is -2.10. The van der Waals surface area contributed by atoms with Gasteiger partial charge in [0.1, 0.15) is 5.58 Å². The number of rotatable bonds is 6. The van der Waals surface area contributed by atoms with Crippen LogP contribution < -0.4 is 5.32 Å². The molecule has 0 aliphatic heterocycles. The van der Waals surface area contributed by atoms with E-state index in [0.717, 1.165) is 17.5 Å². The smallest absolute Gasteiger partial charge is 0.371 e. The van der Waals surface area contributed by atoms with Gasteiger partial charge in [0.15, 0.2) is 0 Å². The topological polar surface area (TPSA) is 71.7 Å². The number of carboxylic acid groups (broad SMARTS) is 1. The van der Waals surface area contributed by atoms with Crippen molar-refractivity contribution < 1.29 is 19.1 Å². The van der Waals surface area contributed by atoms with Crippen molar-refractivity contribution in [3.8, 4) is 0 Å². The number of nitrogens with one attached hydrogen (secondary N) is 1. The third-order valence-corrected chi connectivity index (χ3v) is 2.95. The van der Waals surface area contributed by atoms with Crippen molar-refractivity contribution in [3.63, 3.8) is 0 Å². The molecule has 5 nitrogen and oxygen atoms in total. The van der Waals surface area contributed by atoms with Crippen LogP contribution in [0, 0.1) is 0 Å². The van der Waals surface area contributed by atoms with Crippen LogP contribution >= 0.6 is 0 Å². The van der Waals surface area contributed by atoms with E-state index >= 15 is 0 Å². The molecule has 0 bridgehead atoms. The molecular formula is C14H17NO4. The second-order valence-corrected chi connectivity index (χ2v) is 4.47. The van der Waals surface area contributed by atoms with E-state index in [1.807, 2.05) is 19.1 Å². The van der Waals surface area contributed by atoms with Gasteiger partial charge in [0.25, 0.3) is 0 Å². The Hall–Kier alpha value is -1.85. The summed E-state index contributed by atoms with van der Waals surface area (Å²) in [4.78, 5) is 10.8. The predicted octanol–water partition coefficient (Wildman–Crippen LogP) is 2.26. The summed E-state index contributed by atoms with van der Waals surface area (Å²) >= 11 is 0. The van der Waals surface area contributed by atoms with Crippen LogP contribution in [-0.2, 0) is 11.3 Å². The summed E-state index contributed by atoms with van der Waals surface area (Å²) < 4.78 is 10.3. The van der Waals surface area contributed by atoms with Gasteiger partial charge in [-0.3, -0.25) is 0 Å². The maximum Gasteiger partial charge on any atom is 0.371 e. The highest BCUT2D eigenvalue weighted by Crippen LogP contribution is 2.20. The van der Waals surface area contributed by atoms with Crippen molar-refractivity contribution in [2.75, 3.05) is 13.7 Å². The van der Waals surface area contributed by atoms with E-state index in [4.69, 9.17) is 14.3 Å². The number of methoxy groups -OCH3 is 1. The monoisotopic (exact) mass is 263 g/mol. The van der Waals surface area contributed by atoms with Crippen molar-refractivity contribution >= 4 is 16.9 Å². The van der Waals surface area contributed by atoms with Gasteiger partial charge < -0.3 is 19.6 Å². The molecule has 1 aromatic carbocycles. The summed E-state index contributed by atoms with van der Waals surface area (Å²) in [5.41, 5.74) is 1.67. The highest BCUT2D eigenvalue weighted by atomic mass is 16.5. The van der Waals surface area contributed by atoms with Crippen LogP contribution in [-0.4, -0.2) is 30.8 Å². The van der Waals surface area contributed by atoms with E-state index in [1.165, 1.54) is 0 Å². The number of benzene rings is 1. The molecule has 0 radical (unpaired) electrons. The van der Waals surface area contributed by atoms with Crippen LogP contribution in [0.15, 0.2) is 28.7 Å². The molecule has 0 amide bonds. The van der Waals surface area contributed by atoms with E-state index < -0.39 is 5.97 Å². The van der Waals surface area contributed by atoms with Gasteiger partial charge in [0.2, 0.25) is 5.76 Å². The maximum absolute atomic E-state index is 10.8. The Kier molecular flexibility index (Phi) is 4.19. The molecule has 2 N–H and O–H groups in total. The molecule has 0 spiro atoms. The minimum Gasteiger partial charge on any atom is -0.475 e. The first-order chi connectivity index (χ1) is 9.10. The fraction of sp³-hybridized carbons (Fsp3) is 0.357. The van der Waals surface area contributed by atoms with Crippen LogP contribution in [0.3, 0.4) is 0 Å². The summed E-state index contributed by atoms with van der Waals surface area (Å²) in [6.07, 6.45) is 0.163. The Balaban J connectivity index is 2.06. The number of carboxylic acids is 1. The standard InChI is InChI=1S/C14H17NO4/c1-9(18-2)7-15-8-10-3-4-12-11(5-10)6-13(19-12)14(16)17/h3-6,9,15H,7-8H2,1-2H3,(H,16,17). The lowest BCUT2D eigenvalue weighted by Crippen LogP contribution is -2.25. The molecule has 1 aromatic heterocycles. The molecule has 0 saturated heterocycles. The molecule has 102 valence electrons. The van der Waals surface area contributed by atoms with Gasteiger partial charge in [-0.15, -0.1) is 0 Å². The fourth-order valence-corrected chi connectivity index (χ4v) is 1.81. The molecule has 2 aromatic rings. The highest BCUT2D eigenvalue weighted by molar-refractivity contribution is 5.91.